The number of benzene rings is 1. The summed E-state index contributed by atoms with van der Waals surface area (Å²) in [6.45, 7) is 2.11. The molecule has 3 rings (SSSR count). The van der Waals surface area contributed by atoms with E-state index in [4.69, 9.17) is 0 Å². The molecule has 2 aromatic heterocycles. The van der Waals surface area contributed by atoms with Gasteiger partial charge in [-0.3, -0.25) is 4.79 Å². The van der Waals surface area contributed by atoms with Gasteiger partial charge in [-0.05, 0) is 30.2 Å². The molecule has 0 amide bonds. The van der Waals surface area contributed by atoms with Crippen molar-refractivity contribution >= 4 is 11.8 Å². The minimum Gasteiger partial charge on any atom is -0.303 e. The van der Waals surface area contributed by atoms with Crippen LogP contribution >= 0.6 is 0 Å². The summed E-state index contributed by atoms with van der Waals surface area (Å²) < 4.78 is 2.03. The van der Waals surface area contributed by atoms with E-state index in [2.05, 4.69) is 24.0 Å². The van der Waals surface area contributed by atoms with Gasteiger partial charge in [-0.15, -0.1) is 0 Å². The van der Waals surface area contributed by atoms with Crippen molar-refractivity contribution in [3.8, 4) is 0 Å². The van der Waals surface area contributed by atoms with Crippen LogP contribution in [0, 0.1) is 6.92 Å². The predicted molar refractivity (Wildman–Crippen MR) is 74.6 cm³/mol. The largest absolute Gasteiger partial charge is 0.303 e. The standard InChI is InChI=1S/C16H14N2O/c1-12-4-2-3-5-14(12)9-16-17-10-15-8-13(11-19)6-7-18(15)16/h2-8,10-11H,9H2,1H3. The number of rotatable bonds is 3. The quantitative estimate of drug-likeness (QED) is 0.669. The maximum Gasteiger partial charge on any atom is 0.150 e. The molecule has 3 nitrogen and oxygen atoms in total. The third-order valence-electron chi connectivity index (χ3n) is 3.38. The predicted octanol–water partition coefficient (Wildman–Crippen LogP) is 3.05. The van der Waals surface area contributed by atoms with Gasteiger partial charge in [0.15, 0.2) is 0 Å². The van der Waals surface area contributed by atoms with Crippen LogP contribution in [0.15, 0.2) is 48.8 Å². The zero-order valence-corrected chi connectivity index (χ0v) is 10.7. The topological polar surface area (TPSA) is 34.4 Å². The number of pyridine rings is 1. The van der Waals surface area contributed by atoms with Crippen molar-refractivity contribution in [1.82, 2.24) is 9.38 Å². The Hall–Kier alpha value is -2.42. The van der Waals surface area contributed by atoms with E-state index in [1.165, 1.54) is 11.1 Å². The molecule has 0 aliphatic heterocycles. The minimum atomic E-state index is 0.676. The molecule has 2 heterocycles. The summed E-state index contributed by atoms with van der Waals surface area (Å²) in [5.41, 5.74) is 4.17. The highest BCUT2D eigenvalue weighted by molar-refractivity contribution is 5.77. The van der Waals surface area contributed by atoms with Crippen LogP contribution in [0.2, 0.25) is 0 Å². The molecule has 0 fully saturated rings. The maximum atomic E-state index is 10.8. The molecule has 94 valence electrons. The fraction of sp³-hybridized carbons (Fsp3) is 0.125. The van der Waals surface area contributed by atoms with E-state index in [0.717, 1.165) is 24.0 Å². The Morgan fingerprint density at radius 3 is 2.89 bits per heavy atom. The number of carbonyl (C=O) groups is 1. The van der Waals surface area contributed by atoms with E-state index < -0.39 is 0 Å². The Morgan fingerprint density at radius 1 is 1.26 bits per heavy atom. The SMILES string of the molecule is Cc1ccccc1Cc1ncc2cc(C=O)ccn12. The molecular formula is C16H14N2O. The molecule has 0 bridgehead atoms. The summed E-state index contributed by atoms with van der Waals surface area (Å²) in [6.07, 6.45) is 5.36. The van der Waals surface area contributed by atoms with Gasteiger partial charge in [-0.1, -0.05) is 24.3 Å². The smallest absolute Gasteiger partial charge is 0.150 e. The van der Waals surface area contributed by atoms with Gasteiger partial charge in [0.25, 0.3) is 0 Å². The monoisotopic (exact) mass is 250 g/mol. The third kappa shape index (κ3) is 2.15. The molecular weight excluding hydrogens is 236 g/mol. The second kappa shape index (κ2) is 4.69. The van der Waals surface area contributed by atoms with Crippen LogP contribution in [0.5, 0.6) is 0 Å². The molecule has 3 heteroatoms. The molecule has 0 atom stereocenters. The summed E-state index contributed by atoms with van der Waals surface area (Å²) in [7, 11) is 0. The van der Waals surface area contributed by atoms with Gasteiger partial charge in [-0.25, -0.2) is 4.98 Å². The summed E-state index contributed by atoms with van der Waals surface area (Å²) in [5, 5.41) is 0. The second-order valence-electron chi connectivity index (χ2n) is 4.65. The normalized spacial score (nSPS) is 10.8. The highest BCUT2D eigenvalue weighted by atomic mass is 16.1. The van der Waals surface area contributed by atoms with Crippen LogP contribution in [0.25, 0.3) is 5.52 Å². The molecule has 3 aromatic rings. The number of aldehydes is 1. The molecule has 0 N–H and O–H groups in total. The van der Waals surface area contributed by atoms with Crippen molar-refractivity contribution < 1.29 is 4.79 Å². The number of aryl methyl sites for hydroxylation is 1. The first-order valence-corrected chi connectivity index (χ1v) is 6.23. The average molecular weight is 250 g/mol. The van der Waals surface area contributed by atoms with E-state index in [9.17, 15) is 4.79 Å². The van der Waals surface area contributed by atoms with Crippen LogP contribution in [0.4, 0.5) is 0 Å². The first-order valence-electron chi connectivity index (χ1n) is 6.23. The van der Waals surface area contributed by atoms with E-state index in [0.29, 0.717) is 5.56 Å². The fourth-order valence-corrected chi connectivity index (χ4v) is 2.26. The first-order chi connectivity index (χ1) is 9.28. The number of imidazole rings is 1. The van der Waals surface area contributed by atoms with Crippen molar-refractivity contribution in [1.29, 1.82) is 0 Å². The highest BCUT2D eigenvalue weighted by Crippen LogP contribution is 2.15. The van der Waals surface area contributed by atoms with Crippen LogP contribution in [0.1, 0.15) is 27.3 Å². The molecule has 0 radical (unpaired) electrons. The lowest BCUT2D eigenvalue weighted by atomic mass is 10.1. The number of nitrogens with zero attached hydrogens (tertiary/aromatic N) is 2. The van der Waals surface area contributed by atoms with Crippen LogP contribution < -0.4 is 0 Å². The lowest BCUT2D eigenvalue weighted by Gasteiger charge is -2.05. The van der Waals surface area contributed by atoms with Crippen LogP contribution in [0.3, 0.4) is 0 Å². The van der Waals surface area contributed by atoms with Gasteiger partial charge in [0, 0.05) is 18.2 Å². The molecule has 0 aliphatic rings. The Bertz CT molecular complexity index is 743. The number of hydrogen-bond donors (Lipinski definition) is 0. The highest BCUT2D eigenvalue weighted by Gasteiger charge is 2.06. The molecule has 0 saturated carbocycles. The van der Waals surface area contributed by atoms with Crippen molar-refractivity contribution in [3.05, 3.63) is 71.3 Å². The lowest BCUT2D eigenvalue weighted by molar-refractivity contribution is 0.112. The van der Waals surface area contributed by atoms with Crippen LogP contribution in [-0.4, -0.2) is 15.7 Å². The zero-order chi connectivity index (χ0) is 13.2. The van der Waals surface area contributed by atoms with Gasteiger partial charge in [0.2, 0.25) is 0 Å². The van der Waals surface area contributed by atoms with E-state index in [1.54, 1.807) is 6.20 Å². The second-order valence-corrected chi connectivity index (χ2v) is 4.65. The van der Waals surface area contributed by atoms with Gasteiger partial charge in [-0.2, -0.15) is 0 Å². The van der Waals surface area contributed by atoms with Crippen molar-refractivity contribution in [2.45, 2.75) is 13.3 Å². The fourth-order valence-electron chi connectivity index (χ4n) is 2.26. The number of carbonyl (C=O) groups excluding carboxylic acids is 1. The lowest BCUT2D eigenvalue weighted by Crippen LogP contribution is -1.98. The van der Waals surface area contributed by atoms with Gasteiger partial charge in [0.1, 0.15) is 12.1 Å². The maximum absolute atomic E-state index is 10.8. The average Bonchev–Trinajstić information content (AvgIpc) is 2.83. The van der Waals surface area contributed by atoms with Gasteiger partial charge in [0.05, 0.1) is 11.7 Å². The Labute approximate surface area is 111 Å². The Balaban J connectivity index is 2.02. The summed E-state index contributed by atoms with van der Waals surface area (Å²) in [5.74, 6) is 0.988. The van der Waals surface area contributed by atoms with E-state index in [-0.39, 0.29) is 0 Å². The Kier molecular flexibility index (Phi) is 2.88. The van der Waals surface area contributed by atoms with Crippen LogP contribution in [-0.2, 0) is 6.42 Å². The molecule has 0 spiro atoms. The number of aromatic nitrogens is 2. The van der Waals surface area contributed by atoms with Gasteiger partial charge < -0.3 is 4.40 Å². The minimum absolute atomic E-state index is 0.676. The van der Waals surface area contributed by atoms with Crippen molar-refractivity contribution in [2.24, 2.45) is 0 Å². The van der Waals surface area contributed by atoms with E-state index in [1.807, 2.05) is 34.9 Å². The zero-order valence-electron chi connectivity index (χ0n) is 10.7. The van der Waals surface area contributed by atoms with Gasteiger partial charge >= 0.3 is 0 Å². The number of hydrogen-bond acceptors (Lipinski definition) is 2. The molecule has 19 heavy (non-hydrogen) atoms. The summed E-state index contributed by atoms with van der Waals surface area (Å²) >= 11 is 0. The summed E-state index contributed by atoms with van der Waals surface area (Å²) in [4.78, 5) is 15.2. The van der Waals surface area contributed by atoms with Crippen molar-refractivity contribution in [3.63, 3.8) is 0 Å². The Morgan fingerprint density at radius 2 is 2.11 bits per heavy atom. The third-order valence-corrected chi connectivity index (χ3v) is 3.38. The molecule has 0 aliphatic carbocycles. The summed E-state index contributed by atoms with van der Waals surface area (Å²) in [6, 6.07) is 12.0. The first kappa shape index (κ1) is 11.7. The van der Waals surface area contributed by atoms with E-state index >= 15 is 0 Å². The van der Waals surface area contributed by atoms with Crippen molar-refractivity contribution in [2.75, 3.05) is 0 Å². The molecule has 0 unspecified atom stereocenters. The molecule has 0 saturated heterocycles. The number of fused-ring (bicyclic) bond motifs is 1. The molecule has 1 aromatic carbocycles.